The van der Waals surface area contributed by atoms with Crippen LogP contribution in [0.4, 0.5) is 0 Å². The average Bonchev–Trinajstić information content (AvgIpc) is 2.41. The van der Waals surface area contributed by atoms with Crippen LogP contribution < -0.4 is 5.73 Å². The molecular weight excluding hydrogens is 210 g/mol. The van der Waals surface area contributed by atoms with Crippen LogP contribution in [-0.2, 0) is 0 Å². The van der Waals surface area contributed by atoms with E-state index in [0.29, 0.717) is 5.54 Å². The van der Waals surface area contributed by atoms with Gasteiger partial charge in [-0.15, -0.1) is 0 Å². The van der Waals surface area contributed by atoms with Crippen LogP contribution in [0.15, 0.2) is 0 Å². The van der Waals surface area contributed by atoms with Gasteiger partial charge in [0.1, 0.15) is 0 Å². The van der Waals surface area contributed by atoms with Crippen LogP contribution in [0.5, 0.6) is 0 Å². The lowest BCUT2D eigenvalue weighted by Gasteiger charge is -2.49. The minimum absolute atomic E-state index is 0.358. The summed E-state index contributed by atoms with van der Waals surface area (Å²) in [6.45, 7) is 9.36. The molecule has 0 aromatic carbocycles. The van der Waals surface area contributed by atoms with Gasteiger partial charge in [0.05, 0.1) is 0 Å². The molecule has 0 aromatic heterocycles. The summed E-state index contributed by atoms with van der Waals surface area (Å²) in [5.74, 6) is 0. The predicted octanol–water partition coefficient (Wildman–Crippen LogP) is 1.68. The van der Waals surface area contributed by atoms with Crippen LogP contribution in [0.2, 0.25) is 0 Å². The smallest absolute Gasteiger partial charge is 0.0332 e. The molecule has 1 heterocycles. The zero-order valence-corrected chi connectivity index (χ0v) is 11.5. The lowest BCUT2D eigenvalue weighted by molar-refractivity contribution is 0.0131. The molecule has 0 spiro atoms. The van der Waals surface area contributed by atoms with Gasteiger partial charge in [-0.25, -0.2) is 0 Å². The maximum absolute atomic E-state index is 6.11. The van der Waals surface area contributed by atoms with Gasteiger partial charge in [0.2, 0.25) is 0 Å². The van der Waals surface area contributed by atoms with E-state index in [-0.39, 0.29) is 0 Å². The molecule has 17 heavy (non-hydrogen) atoms. The summed E-state index contributed by atoms with van der Waals surface area (Å²) in [7, 11) is 0. The number of nitrogens with two attached hydrogens (primary N) is 1. The van der Waals surface area contributed by atoms with Crippen LogP contribution >= 0.6 is 0 Å². The quantitative estimate of drug-likeness (QED) is 0.810. The molecule has 0 bridgehead atoms. The van der Waals surface area contributed by atoms with Crippen molar-refractivity contribution in [2.75, 3.05) is 39.3 Å². The van der Waals surface area contributed by atoms with Crippen molar-refractivity contribution in [2.24, 2.45) is 5.73 Å². The molecule has 0 unspecified atom stereocenters. The third-order valence-electron chi connectivity index (χ3n) is 4.75. The predicted molar refractivity (Wildman–Crippen MR) is 73.2 cm³/mol. The third kappa shape index (κ3) is 3.01. The molecule has 0 aromatic rings. The van der Waals surface area contributed by atoms with Crippen molar-refractivity contribution >= 4 is 0 Å². The molecule has 3 heteroatoms. The van der Waals surface area contributed by atoms with E-state index in [9.17, 15) is 0 Å². The van der Waals surface area contributed by atoms with Gasteiger partial charge >= 0.3 is 0 Å². The van der Waals surface area contributed by atoms with Crippen molar-refractivity contribution in [2.45, 2.75) is 51.0 Å². The summed E-state index contributed by atoms with van der Waals surface area (Å²) in [6.07, 6.45) is 8.12. The summed E-state index contributed by atoms with van der Waals surface area (Å²) in [4.78, 5) is 5.31. The summed E-state index contributed by atoms with van der Waals surface area (Å²) >= 11 is 0. The van der Waals surface area contributed by atoms with Crippen molar-refractivity contribution in [1.82, 2.24) is 9.80 Å². The van der Waals surface area contributed by atoms with Gasteiger partial charge in [-0.1, -0.05) is 26.2 Å². The molecule has 2 aliphatic rings. The molecule has 3 nitrogen and oxygen atoms in total. The zero-order valence-electron chi connectivity index (χ0n) is 11.5. The Kier molecular flexibility index (Phi) is 4.83. The van der Waals surface area contributed by atoms with Gasteiger partial charge in [-0.2, -0.15) is 0 Å². The highest BCUT2D eigenvalue weighted by atomic mass is 15.3. The average molecular weight is 239 g/mol. The van der Waals surface area contributed by atoms with E-state index in [1.165, 1.54) is 71.2 Å². The Balaban J connectivity index is 1.89. The van der Waals surface area contributed by atoms with Gasteiger partial charge in [0.25, 0.3) is 0 Å². The Labute approximate surface area is 106 Å². The van der Waals surface area contributed by atoms with Gasteiger partial charge in [-0.3, -0.25) is 4.90 Å². The summed E-state index contributed by atoms with van der Waals surface area (Å²) < 4.78 is 0. The largest absolute Gasteiger partial charge is 0.329 e. The van der Waals surface area contributed by atoms with E-state index in [4.69, 9.17) is 5.73 Å². The second kappa shape index (κ2) is 6.17. The minimum atomic E-state index is 0.358. The van der Waals surface area contributed by atoms with Crippen molar-refractivity contribution in [3.05, 3.63) is 0 Å². The highest BCUT2D eigenvalue weighted by Crippen LogP contribution is 2.33. The monoisotopic (exact) mass is 239 g/mol. The molecule has 0 atom stereocenters. The topological polar surface area (TPSA) is 32.5 Å². The van der Waals surface area contributed by atoms with E-state index >= 15 is 0 Å². The maximum atomic E-state index is 6.11. The Bertz CT molecular complexity index is 216. The second-order valence-corrected chi connectivity index (χ2v) is 5.82. The molecule has 2 fully saturated rings. The third-order valence-corrected chi connectivity index (χ3v) is 4.75. The Morgan fingerprint density at radius 3 is 2.18 bits per heavy atom. The first-order chi connectivity index (χ1) is 8.30. The molecule has 1 aliphatic heterocycles. The van der Waals surface area contributed by atoms with Crippen LogP contribution in [0, 0.1) is 0 Å². The van der Waals surface area contributed by atoms with Gasteiger partial charge in [0.15, 0.2) is 0 Å². The molecule has 1 aliphatic carbocycles. The van der Waals surface area contributed by atoms with Crippen LogP contribution in [0.3, 0.4) is 0 Å². The van der Waals surface area contributed by atoms with Crippen molar-refractivity contribution in [1.29, 1.82) is 0 Å². The lowest BCUT2D eigenvalue weighted by atomic mass is 9.80. The zero-order chi connectivity index (χ0) is 12.1. The minimum Gasteiger partial charge on any atom is -0.329 e. The fraction of sp³-hybridized carbons (Fsp3) is 1.00. The molecular formula is C14H29N3. The highest BCUT2D eigenvalue weighted by molar-refractivity contribution is 4.95. The summed E-state index contributed by atoms with van der Waals surface area (Å²) in [5, 5.41) is 0. The normalized spacial score (nSPS) is 27.2. The van der Waals surface area contributed by atoms with Crippen molar-refractivity contribution in [3.63, 3.8) is 0 Å². The standard InChI is InChI=1S/C14H29N3/c1-2-8-16-9-11-17(12-10-16)14(13-15)6-4-3-5-7-14/h2-13,15H2,1H3. The van der Waals surface area contributed by atoms with Crippen LogP contribution in [0.25, 0.3) is 0 Å². The number of rotatable bonds is 4. The number of nitrogens with zero attached hydrogens (tertiary/aromatic N) is 2. The summed E-state index contributed by atoms with van der Waals surface area (Å²) in [5.41, 5.74) is 6.46. The Morgan fingerprint density at radius 1 is 1.00 bits per heavy atom. The van der Waals surface area contributed by atoms with E-state index in [1.807, 2.05) is 0 Å². The number of hydrogen-bond acceptors (Lipinski definition) is 3. The van der Waals surface area contributed by atoms with Crippen molar-refractivity contribution in [3.8, 4) is 0 Å². The molecule has 1 saturated carbocycles. The molecule has 1 saturated heterocycles. The summed E-state index contributed by atoms with van der Waals surface area (Å²) in [6, 6.07) is 0. The number of hydrogen-bond donors (Lipinski definition) is 1. The first-order valence-electron chi connectivity index (χ1n) is 7.48. The van der Waals surface area contributed by atoms with E-state index in [1.54, 1.807) is 0 Å². The fourth-order valence-corrected chi connectivity index (χ4v) is 3.62. The SMILES string of the molecule is CCCN1CCN(C2(CN)CCCCC2)CC1. The van der Waals surface area contributed by atoms with E-state index < -0.39 is 0 Å². The Morgan fingerprint density at radius 2 is 1.65 bits per heavy atom. The fourth-order valence-electron chi connectivity index (χ4n) is 3.62. The molecule has 100 valence electrons. The van der Waals surface area contributed by atoms with Gasteiger partial charge < -0.3 is 10.6 Å². The van der Waals surface area contributed by atoms with Crippen LogP contribution in [-0.4, -0.2) is 54.6 Å². The molecule has 0 radical (unpaired) electrons. The Hall–Kier alpha value is -0.120. The number of piperazine rings is 1. The van der Waals surface area contributed by atoms with E-state index in [2.05, 4.69) is 16.7 Å². The van der Waals surface area contributed by atoms with Gasteiger partial charge in [-0.05, 0) is 25.8 Å². The lowest BCUT2D eigenvalue weighted by Crippen LogP contribution is -2.60. The molecule has 0 amide bonds. The molecule has 2 N–H and O–H groups in total. The van der Waals surface area contributed by atoms with E-state index in [0.717, 1.165) is 6.54 Å². The second-order valence-electron chi connectivity index (χ2n) is 5.82. The first-order valence-corrected chi connectivity index (χ1v) is 7.48. The first kappa shape index (κ1) is 13.3. The molecule has 2 rings (SSSR count). The maximum Gasteiger partial charge on any atom is 0.0332 e. The van der Waals surface area contributed by atoms with Crippen LogP contribution in [0.1, 0.15) is 45.4 Å². The highest BCUT2D eigenvalue weighted by Gasteiger charge is 2.37. The van der Waals surface area contributed by atoms with Gasteiger partial charge in [0, 0.05) is 38.3 Å². The van der Waals surface area contributed by atoms with Crippen molar-refractivity contribution < 1.29 is 0 Å².